The van der Waals surface area contributed by atoms with Crippen LogP contribution in [0.2, 0.25) is 0 Å². The molecule has 1 aliphatic heterocycles. The molecule has 1 saturated heterocycles. The summed E-state index contributed by atoms with van der Waals surface area (Å²) in [6, 6.07) is 1.59. The molecule has 0 amide bonds. The lowest BCUT2D eigenvalue weighted by Crippen LogP contribution is -2.46. The van der Waals surface area contributed by atoms with Crippen LogP contribution in [0.1, 0.15) is 19.8 Å². The summed E-state index contributed by atoms with van der Waals surface area (Å²) < 4.78 is 10.2. The van der Waals surface area contributed by atoms with Gasteiger partial charge in [0.1, 0.15) is 0 Å². The van der Waals surface area contributed by atoms with Crippen molar-refractivity contribution in [2.45, 2.75) is 19.8 Å². The Morgan fingerprint density at radius 1 is 1.35 bits per heavy atom. The highest BCUT2D eigenvalue weighted by Gasteiger charge is 2.38. The van der Waals surface area contributed by atoms with Gasteiger partial charge in [-0.1, -0.05) is 0 Å². The molecule has 1 aliphatic rings. The minimum atomic E-state index is -0.794. The van der Waals surface area contributed by atoms with Crippen molar-refractivity contribution >= 4 is 11.9 Å². The molecule has 1 N–H and O–H groups in total. The molecule has 1 atom stereocenters. The van der Waals surface area contributed by atoms with Gasteiger partial charge in [0.05, 0.1) is 25.7 Å². The van der Waals surface area contributed by atoms with Gasteiger partial charge in [-0.2, -0.15) is 9.97 Å². The fourth-order valence-corrected chi connectivity index (χ4v) is 2.33. The van der Waals surface area contributed by atoms with E-state index < -0.39 is 11.4 Å². The van der Waals surface area contributed by atoms with Gasteiger partial charge in [-0.15, -0.1) is 0 Å². The van der Waals surface area contributed by atoms with Gasteiger partial charge < -0.3 is 19.5 Å². The summed E-state index contributed by atoms with van der Waals surface area (Å²) in [5.41, 5.74) is -0.780. The highest BCUT2D eigenvalue weighted by atomic mass is 16.5. The minimum absolute atomic E-state index is 0.374. The largest absolute Gasteiger partial charge is 0.481 e. The number of carboxylic acid groups (broad SMARTS) is 1. The molecule has 2 rings (SSSR count). The maximum atomic E-state index is 11.4. The van der Waals surface area contributed by atoms with E-state index in [4.69, 9.17) is 9.47 Å². The van der Waals surface area contributed by atoms with Crippen molar-refractivity contribution in [1.82, 2.24) is 9.97 Å². The van der Waals surface area contributed by atoms with Crippen molar-refractivity contribution < 1.29 is 19.4 Å². The number of hydrogen-bond donors (Lipinski definition) is 1. The monoisotopic (exact) mass is 281 g/mol. The zero-order valence-electron chi connectivity index (χ0n) is 11.9. The Morgan fingerprint density at radius 3 is 2.45 bits per heavy atom. The van der Waals surface area contributed by atoms with Gasteiger partial charge in [-0.3, -0.25) is 4.79 Å². The summed E-state index contributed by atoms with van der Waals surface area (Å²) in [7, 11) is 3.03. The van der Waals surface area contributed by atoms with E-state index in [0.717, 1.165) is 13.0 Å². The number of nitrogens with zero attached hydrogens (tertiary/aromatic N) is 3. The average molecular weight is 281 g/mol. The van der Waals surface area contributed by atoms with Crippen LogP contribution >= 0.6 is 0 Å². The van der Waals surface area contributed by atoms with E-state index in [1.807, 2.05) is 4.90 Å². The van der Waals surface area contributed by atoms with Gasteiger partial charge in [-0.25, -0.2) is 0 Å². The third-order valence-electron chi connectivity index (χ3n) is 3.58. The Balaban J connectivity index is 2.29. The lowest BCUT2D eigenvalue weighted by atomic mass is 9.82. The molecular weight excluding hydrogens is 262 g/mol. The number of carbonyl (C=O) groups is 1. The van der Waals surface area contributed by atoms with Crippen molar-refractivity contribution in [3.8, 4) is 11.8 Å². The molecule has 1 fully saturated rings. The second-order valence-electron chi connectivity index (χ2n) is 5.14. The second-order valence-corrected chi connectivity index (χ2v) is 5.14. The summed E-state index contributed by atoms with van der Waals surface area (Å²) in [6.07, 6.45) is 1.44. The van der Waals surface area contributed by atoms with Crippen LogP contribution in [0.4, 0.5) is 5.95 Å². The molecule has 0 aromatic carbocycles. The predicted molar refractivity (Wildman–Crippen MR) is 72.3 cm³/mol. The maximum absolute atomic E-state index is 11.4. The standard InChI is InChI=1S/C13H19N3O4/c1-13(11(17)18)5-4-6-16(8-13)12-14-9(19-2)7-10(15-12)20-3/h7H,4-6,8H2,1-3H3,(H,17,18). The van der Waals surface area contributed by atoms with E-state index in [1.54, 1.807) is 13.0 Å². The van der Waals surface area contributed by atoms with Crippen molar-refractivity contribution in [2.75, 3.05) is 32.2 Å². The first-order valence-corrected chi connectivity index (χ1v) is 6.44. The predicted octanol–water partition coefficient (Wildman–Crippen LogP) is 1.18. The van der Waals surface area contributed by atoms with E-state index in [1.165, 1.54) is 14.2 Å². The number of carboxylic acids is 1. The van der Waals surface area contributed by atoms with Crippen LogP contribution in [0.5, 0.6) is 11.8 Å². The van der Waals surface area contributed by atoms with Crippen molar-refractivity contribution in [2.24, 2.45) is 5.41 Å². The van der Waals surface area contributed by atoms with Crippen molar-refractivity contribution in [3.05, 3.63) is 6.07 Å². The Labute approximate surface area is 117 Å². The van der Waals surface area contributed by atoms with E-state index in [9.17, 15) is 9.90 Å². The third-order valence-corrected chi connectivity index (χ3v) is 3.58. The molecule has 0 saturated carbocycles. The molecule has 0 radical (unpaired) electrons. The van der Waals surface area contributed by atoms with Gasteiger partial charge in [-0.05, 0) is 19.8 Å². The van der Waals surface area contributed by atoms with Crippen LogP contribution in [0.3, 0.4) is 0 Å². The van der Waals surface area contributed by atoms with Gasteiger partial charge in [0.25, 0.3) is 0 Å². The SMILES string of the molecule is COc1cc(OC)nc(N2CCCC(C)(C(=O)O)C2)n1. The molecule has 1 unspecified atom stereocenters. The molecule has 1 aromatic heterocycles. The van der Waals surface area contributed by atoms with E-state index in [-0.39, 0.29) is 0 Å². The lowest BCUT2D eigenvalue weighted by molar-refractivity contribution is -0.148. The first-order chi connectivity index (χ1) is 9.48. The highest BCUT2D eigenvalue weighted by molar-refractivity contribution is 5.75. The number of ether oxygens (including phenoxy) is 2. The van der Waals surface area contributed by atoms with Crippen LogP contribution in [0, 0.1) is 5.41 Å². The van der Waals surface area contributed by atoms with Gasteiger partial charge in [0, 0.05) is 13.1 Å². The summed E-state index contributed by atoms with van der Waals surface area (Å²) in [5.74, 6) is 0.439. The Hall–Kier alpha value is -2.05. The van der Waals surface area contributed by atoms with E-state index >= 15 is 0 Å². The molecule has 0 aliphatic carbocycles. The number of methoxy groups -OCH3 is 2. The fraction of sp³-hybridized carbons (Fsp3) is 0.615. The van der Waals surface area contributed by atoms with Crippen LogP contribution in [0.25, 0.3) is 0 Å². The van der Waals surface area contributed by atoms with Gasteiger partial charge >= 0.3 is 5.97 Å². The molecule has 2 heterocycles. The van der Waals surface area contributed by atoms with E-state index in [2.05, 4.69) is 9.97 Å². The number of anilines is 1. The van der Waals surface area contributed by atoms with Crippen LogP contribution in [-0.2, 0) is 4.79 Å². The number of aliphatic carboxylic acids is 1. The molecule has 20 heavy (non-hydrogen) atoms. The summed E-state index contributed by atoms with van der Waals surface area (Å²) in [5, 5.41) is 9.35. The Kier molecular flexibility index (Phi) is 3.96. The minimum Gasteiger partial charge on any atom is -0.481 e. The summed E-state index contributed by atoms with van der Waals surface area (Å²) >= 11 is 0. The number of hydrogen-bond acceptors (Lipinski definition) is 6. The molecule has 7 heteroatoms. The fourth-order valence-electron chi connectivity index (χ4n) is 2.33. The zero-order valence-corrected chi connectivity index (χ0v) is 11.9. The smallest absolute Gasteiger partial charge is 0.311 e. The summed E-state index contributed by atoms with van der Waals surface area (Å²) in [4.78, 5) is 21.8. The molecule has 0 bridgehead atoms. The Bertz CT molecular complexity index is 486. The van der Waals surface area contributed by atoms with Crippen LogP contribution in [0.15, 0.2) is 6.07 Å². The zero-order chi connectivity index (χ0) is 14.8. The first-order valence-electron chi connectivity index (χ1n) is 6.44. The van der Waals surface area contributed by atoms with Gasteiger partial charge in [0.2, 0.25) is 17.7 Å². The maximum Gasteiger partial charge on any atom is 0.311 e. The molecule has 0 spiro atoms. The molecule has 110 valence electrons. The number of piperidine rings is 1. The molecule has 1 aromatic rings. The lowest BCUT2D eigenvalue weighted by Gasteiger charge is -2.37. The van der Waals surface area contributed by atoms with E-state index in [0.29, 0.717) is 30.7 Å². The van der Waals surface area contributed by atoms with Crippen LogP contribution in [-0.4, -0.2) is 48.4 Å². The second kappa shape index (κ2) is 5.52. The topological polar surface area (TPSA) is 84.8 Å². The highest BCUT2D eigenvalue weighted by Crippen LogP contribution is 2.32. The Morgan fingerprint density at radius 2 is 1.95 bits per heavy atom. The van der Waals surface area contributed by atoms with Gasteiger partial charge in [0.15, 0.2) is 0 Å². The summed E-state index contributed by atoms with van der Waals surface area (Å²) in [6.45, 7) is 2.84. The van der Waals surface area contributed by atoms with Crippen molar-refractivity contribution in [1.29, 1.82) is 0 Å². The molecular formula is C13H19N3O4. The van der Waals surface area contributed by atoms with Crippen molar-refractivity contribution in [3.63, 3.8) is 0 Å². The normalized spacial score (nSPS) is 22.4. The first kappa shape index (κ1) is 14.4. The molecule has 7 nitrogen and oxygen atoms in total. The van der Waals surface area contributed by atoms with Crippen LogP contribution < -0.4 is 14.4 Å². The number of rotatable bonds is 4. The quantitative estimate of drug-likeness (QED) is 0.887. The number of aromatic nitrogens is 2. The average Bonchev–Trinajstić information content (AvgIpc) is 2.46. The third kappa shape index (κ3) is 2.76.